The molecule has 2 heteroatoms. The Morgan fingerprint density at radius 2 is 1.75 bits per heavy atom. The second-order valence-electron chi connectivity index (χ2n) is 5.19. The van der Waals surface area contributed by atoms with Crippen molar-refractivity contribution in [2.75, 3.05) is 0 Å². The van der Waals surface area contributed by atoms with E-state index in [1.807, 2.05) is 24.3 Å². The van der Waals surface area contributed by atoms with Crippen LogP contribution in [0.25, 0.3) is 0 Å². The van der Waals surface area contributed by atoms with Crippen molar-refractivity contribution in [3.05, 3.63) is 34.9 Å². The SMILES string of the molecule is O=C(Cc1ccc(Cl)cc1)C1CC2CC2C1. The summed E-state index contributed by atoms with van der Waals surface area (Å²) in [5.74, 6) is 2.55. The average Bonchev–Trinajstić information content (AvgIpc) is 2.89. The number of rotatable bonds is 3. The van der Waals surface area contributed by atoms with Crippen LogP contribution in [-0.4, -0.2) is 5.78 Å². The van der Waals surface area contributed by atoms with Gasteiger partial charge in [0.05, 0.1) is 0 Å². The highest BCUT2D eigenvalue weighted by molar-refractivity contribution is 6.30. The number of carbonyl (C=O) groups is 1. The van der Waals surface area contributed by atoms with E-state index in [0.717, 1.165) is 35.3 Å². The van der Waals surface area contributed by atoms with Gasteiger partial charge in [-0.1, -0.05) is 23.7 Å². The number of ketones is 1. The Kier molecular flexibility index (Phi) is 2.51. The molecule has 1 aromatic carbocycles. The lowest BCUT2D eigenvalue weighted by Gasteiger charge is -2.10. The fourth-order valence-electron chi connectivity index (χ4n) is 2.93. The molecule has 0 spiro atoms. The molecule has 3 rings (SSSR count). The Morgan fingerprint density at radius 1 is 1.12 bits per heavy atom. The van der Waals surface area contributed by atoms with Crippen molar-refractivity contribution in [1.29, 1.82) is 0 Å². The molecule has 0 heterocycles. The van der Waals surface area contributed by atoms with Crippen LogP contribution in [0.3, 0.4) is 0 Å². The van der Waals surface area contributed by atoms with Gasteiger partial charge in [0.25, 0.3) is 0 Å². The van der Waals surface area contributed by atoms with Crippen LogP contribution in [0.1, 0.15) is 24.8 Å². The molecule has 2 unspecified atom stereocenters. The predicted molar refractivity (Wildman–Crippen MR) is 64.5 cm³/mol. The van der Waals surface area contributed by atoms with Gasteiger partial charge in [0.2, 0.25) is 0 Å². The minimum atomic E-state index is 0.347. The third kappa shape index (κ3) is 2.01. The molecule has 2 fully saturated rings. The maximum Gasteiger partial charge on any atom is 0.140 e. The quantitative estimate of drug-likeness (QED) is 0.783. The van der Waals surface area contributed by atoms with Gasteiger partial charge in [-0.15, -0.1) is 0 Å². The summed E-state index contributed by atoms with van der Waals surface area (Å²) >= 11 is 5.82. The number of hydrogen-bond acceptors (Lipinski definition) is 1. The van der Waals surface area contributed by atoms with Crippen LogP contribution in [0.4, 0.5) is 0 Å². The molecule has 1 nitrogen and oxygen atoms in total. The third-order valence-corrected chi connectivity index (χ3v) is 4.24. The standard InChI is InChI=1S/C14H15ClO/c15-13-3-1-9(2-4-13)5-14(16)12-7-10-6-11(10)8-12/h1-4,10-12H,5-8H2. The maximum atomic E-state index is 12.0. The fourth-order valence-corrected chi connectivity index (χ4v) is 3.05. The number of halogens is 1. The maximum absolute atomic E-state index is 12.0. The van der Waals surface area contributed by atoms with Crippen molar-refractivity contribution in [3.8, 4) is 0 Å². The van der Waals surface area contributed by atoms with Gasteiger partial charge in [-0.25, -0.2) is 0 Å². The van der Waals surface area contributed by atoms with Crippen molar-refractivity contribution < 1.29 is 4.79 Å². The third-order valence-electron chi connectivity index (χ3n) is 3.99. The zero-order chi connectivity index (χ0) is 11.1. The van der Waals surface area contributed by atoms with Crippen LogP contribution >= 0.6 is 11.6 Å². The van der Waals surface area contributed by atoms with Crippen LogP contribution in [0.5, 0.6) is 0 Å². The zero-order valence-electron chi connectivity index (χ0n) is 9.16. The average molecular weight is 235 g/mol. The van der Waals surface area contributed by atoms with Gasteiger partial charge in [-0.2, -0.15) is 0 Å². The van der Waals surface area contributed by atoms with E-state index < -0.39 is 0 Å². The number of fused-ring (bicyclic) bond motifs is 1. The summed E-state index contributed by atoms with van der Waals surface area (Å²) in [6.07, 6.45) is 4.26. The molecule has 2 aliphatic rings. The van der Waals surface area contributed by atoms with E-state index in [4.69, 9.17) is 11.6 Å². The summed E-state index contributed by atoms with van der Waals surface area (Å²) < 4.78 is 0. The van der Waals surface area contributed by atoms with E-state index in [0.29, 0.717) is 18.1 Å². The minimum absolute atomic E-state index is 0.347. The Morgan fingerprint density at radius 3 is 2.38 bits per heavy atom. The summed E-state index contributed by atoms with van der Waals surface area (Å²) in [5.41, 5.74) is 1.09. The van der Waals surface area contributed by atoms with E-state index in [1.165, 1.54) is 6.42 Å². The lowest BCUT2D eigenvalue weighted by molar-refractivity contribution is -0.122. The number of hydrogen-bond donors (Lipinski definition) is 0. The van der Waals surface area contributed by atoms with E-state index >= 15 is 0 Å². The topological polar surface area (TPSA) is 17.1 Å². The first-order valence-corrected chi connectivity index (χ1v) is 6.37. The molecule has 0 aromatic heterocycles. The molecule has 0 N–H and O–H groups in total. The fraction of sp³-hybridized carbons (Fsp3) is 0.500. The first-order valence-electron chi connectivity index (χ1n) is 5.99. The van der Waals surface area contributed by atoms with Crippen molar-refractivity contribution >= 4 is 17.4 Å². The largest absolute Gasteiger partial charge is 0.299 e. The molecular formula is C14H15ClO. The number of Topliss-reactive ketones (excluding diaryl/α,β-unsaturated/α-hetero) is 1. The Hall–Kier alpha value is -0.820. The molecule has 1 aromatic rings. The van der Waals surface area contributed by atoms with Crippen molar-refractivity contribution in [3.63, 3.8) is 0 Å². The minimum Gasteiger partial charge on any atom is -0.299 e. The molecule has 0 saturated heterocycles. The molecule has 0 aliphatic heterocycles. The molecule has 0 radical (unpaired) electrons. The van der Waals surface area contributed by atoms with Crippen LogP contribution in [0.2, 0.25) is 5.02 Å². The van der Waals surface area contributed by atoms with Crippen molar-refractivity contribution in [2.24, 2.45) is 17.8 Å². The first kappa shape index (κ1) is 10.3. The molecular weight excluding hydrogens is 220 g/mol. The van der Waals surface area contributed by atoms with Crippen LogP contribution in [-0.2, 0) is 11.2 Å². The van der Waals surface area contributed by atoms with Gasteiger partial charge in [0.15, 0.2) is 0 Å². The highest BCUT2D eigenvalue weighted by Crippen LogP contribution is 2.54. The molecule has 0 bridgehead atoms. The lowest BCUT2D eigenvalue weighted by atomic mass is 9.94. The summed E-state index contributed by atoms with van der Waals surface area (Å²) in [6, 6.07) is 7.62. The monoisotopic (exact) mass is 234 g/mol. The summed E-state index contributed by atoms with van der Waals surface area (Å²) in [7, 11) is 0. The highest BCUT2D eigenvalue weighted by Gasteiger charge is 2.47. The van der Waals surface area contributed by atoms with Gasteiger partial charge < -0.3 is 0 Å². The molecule has 2 aliphatic carbocycles. The van der Waals surface area contributed by atoms with Crippen LogP contribution in [0, 0.1) is 17.8 Å². The van der Waals surface area contributed by atoms with Gasteiger partial charge in [-0.3, -0.25) is 4.79 Å². The van der Waals surface area contributed by atoms with E-state index in [9.17, 15) is 4.79 Å². The summed E-state index contributed by atoms with van der Waals surface area (Å²) in [6.45, 7) is 0. The first-order chi connectivity index (χ1) is 7.72. The Balaban J connectivity index is 1.61. The number of carbonyl (C=O) groups excluding carboxylic acids is 1. The molecule has 84 valence electrons. The highest BCUT2D eigenvalue weighted by atomic mass is 35.5. The van der Waals surface area contributed by atoms with Gasteiger partial charge in [0, 0.05) is 17.4 Å². The Bertz CT molecular complexity index is 399. The second-order valence-corrected chi connectivity index (χ2v) is 5.63. The molecule has 16 heavy (non-hydrogen) atoms. The second kappa shape index (κ2) is 3.89. The lowest BCUT2D eigenvalue weighted by Crippen LogP contribution is -2.15. The molecule has 2 saturated carbocycles. The zero-order valence-corrected chi connectivity index (χ0v) is 9.91. The van der Waals surface area contributed by atoms with E-state index in [2.05, 4.69) is 0 Å². The van der Waals surface area contributed by atoms with Crippen LogP contribution < -0.4 is 0 Å². The summed E-state index contributed by atoms with van der Waals surface area (Å²) in [4.78, 5) is 12.0. The van der Waals surface area contributed by atoms with Gasteiger partial charge in [-0.05, 0) is 48.8 Å². The van der Waals surface area contributed by atoms with Gasteiger partial charge in [0.1, 0.15) is 5.78 Å². The van der Waals surface area contributed by atoms with E-state index in [-0.39, 0.29) is 0 Å². The van der Waals surface area contributed by atoms with Crippen molar-refractivity contribution in [1.82, 2.24) is 0 Å². The summed E-state index contributed by atoms with van der Waals surface area (Å²) in [5, 5.41) is 0.735. The predicted octanol–water partition coefficient (Wildman–Crippen LogP) is 3.50. The van der Waals surface area contributed by atoms with E-state index in [1.54, 1.807) is 0 Å². The van der Waals surface area contributed by atoms with Crippen LogP contribution in [0.15, 0.2) is 24.3 Å². The molecule has 2 atom stereocenters. The number of benzene rings is 1. The molecule has 0 amide bonds. The smallest absolute Gasteiger partial charge is 0.140 e. The normalized spacial score (nSPS) is 31.2. The Labute approximate surface area is 101 Å². The van der Waals surface area contributed by atoms with Crippen molar-refractivity contribution in [2.45, 2.75) is 25.7 Å². The van der Waals surface area contributed by atoms with Gasteiger partial charge >= 0.3 is 0 Å².